The van der Waals surface area contributed by atoms with E-state index in [4.69, 9.17) is 23.2 Å². The molecule has 3 rings (SSSR count). The predicted molar refractivity (Wildman–Crippen MR) is 88.0 cm³/mol. The molecule has 0 aliphatic rings. The molecule has 0 saturated carbocycles. The Bertz CT molecular complexity index is 830. The smallest absolute Gasteiger partial charge is 0.132 e. The Morgan fingerprint density at radius 3 is 2.76 bits per heavy atom. The van der Waals surface area contributed by atoms with Gasteiger partial charge in [-0.15, -0.1) is 11.6 Å². The number of hydrogen-bond donors (Lipinski definition) is 0. The summed E-state index contributed by atoms with van der Waals surface area (Å²) in [4.78, 5) is 4.50. The maximum absolute atomic E-state index is 13.6. The standard InChI is InChI=1S/C15H10BrCl2FN2/c1-8(17)15-20-11-6-5-9(19)7-13(11)21(15)12-4-2-3-10(18)14(12)16/h2-8H,1H3. The van der Waals surface area contributed by atoms with Gasteiger partial charge < -0.3 is 0 Å². The van der Waals surface area contributed by atoms with Crippen molar-refractivity contribution in [2.24, 2.45) is 0 Å². The molecule has 1 atom stereocenters. The number of aromatic nitrogens is 2. The van der Waals surface area contributed by atoms with E-state index in [1.165, 1.54) is 12.1 Å². The van der Waals surface area contributed by atoms with Crippen LogP contribution in [-0.2, 0) is 0 Å². The van der Waals surface area contributed by atoms with Crippen molar-refractivity contribution in [2.75, 3.05) is 0 Å². The highest BCUT2D eigenvalue weighted by Crippen LogP contribution is 2.34. The Morgan fingerprint density at radius 1 is 1.29 bits per heavy atom. The molecule has 2 aromatic carbocycles. The first-order valence-corrected chi connectivity index (χ1v) is 7.86. The van der Waals surface area contributed by atoms with Crippen LogP contribution in [0.25, 0.3) is 16.7 Å². The van der Waals surface area contributed by atoms with Gasteiger partial charge in [0.1, 0.15) is 11.6 Å². The number of rotatable bonds is 2. The molecule has 1 unspecified atom stereocenters. The summed E-state index contributed by atoms with van der Waals surface area (Å²) < 4.78 is 16.2. The Labute approximate surface area is 139 Å². The normalized spacial score (nSPS) is 12.8. The fraction of sp³-hybridized carbons (Fsp3) is 0.133. The van der Waals surface area contributed by atoms with E-state index in [0.717, 1.165) is 5.69 Å². The van der Waals surface area contributed by atoms with Crippen LogP contribution < -0.4 is 0 Å². The van der Waals surface area contributed by atoms with Crippen molar-refractivity contribution in [3.05, 3.63) is 57.5 Å². The van der Waals surface area contributed by atoms with Gasteiger partial charge in [0, 0.05) is 6.07 Å². The Hall–Kier alpha value is -1.10. The summed E-state index contributed by atoms with van der Waals surface area (Å²) in [5.74, 6) is 0.316. The third kappa shape index (κ3) is 2.56. The van der Waals surface area contributed by atoms with Crippen LogP contribution >= 0.6 is 39.1 Å². The summed E-state index contributed by atoms with van der Waals surface area (Å²) in [6.07, 6.45) is 0. The third-order valence-corrected chi connectivity index (χ3v) is 4.74. The number of alkyl halides is 1. The van der Waals surface area contributed by atoms with Crippen molar-refractivity contribution in [2.45, 2.75) is 12.3 Å². The lowest BCUT2D eigenvalue weighted by Gasteiger charge is -2.13. The molecule has 3 aromatic rings. The average Bonchev–Trinajstić information content (AvgIpc) is 2.80. The minimum atomic E-state index is -0.327. The van der Waals surface area contributed by atoms with Crippen LogP contribution in [0.15, 0.2) is 40.9 Å². The van der Waals surface area contributed by atoms with Crippen LogP contribution in [0.1, 0.15) is 18.1 Å². The highest BCUT2D eigenvalue weighted by atomic mass is 79.9. The van der Waals surface area contributed by atoms with Crippen LogP contribution in [0.4, 0.5) is 4.39 Å². The van der Waals surface area contributed by atoms with E-state index in [1.54, 1.807) is 12.1 Å². The van der Waals surface area contributed by atoms with E-state index in [-0.39, 0.29) is 11.2 Å². The zero-order chi connectivity index (χ0) is 15.1. The van der Waals surface area contributed by atoms with Gasteiger partial charge in [0.15, 0.2) is 0 Å². The lowest BCUT2D eigenvalue weighted by molar-refractivity contribution is 0.629. The molecule has 6 heteroatoms. The number of imidazole rings is 1. The Balaban J connectivity index is 2.41. The van der Waals surface area contributed by atoms with Crippen molar-refractivity contribution >= 4 is 50.2 Å². The number of fused-ring (bicyclic) bond motifs is 1. The highest BCUT2D eigenvalue weighted by molar-refractivity contribution is 9.10. The molecule has 0 aliphatic carbocycles. The van der Waals surface area contributed by atoms with Gasteiger partial charge in [0.25, 0.3) is 0 Å². The van der Waals surface area contributed by atoms with Crippen LogP contribution in [0.5, 0.6) is 0 Å². The molecular formula is C15H10BrCl2FN2. The molecular weight excluding hydrogens is 378 g/mol. The van der Waals surface area contributed by atoms with Crippen LogP contribution in [-0.4, -0.2) is 9.55 Å². The Kier molecular flexibility index (Phi) is 3.95. The first-order valence-electron chi connectivity index (χ1n) is 6.25. The summed E-state index contributed by atoms with van der Waals surface area (Å²) in [5.41, 5.74) is 2.12. The van der Waals surface area contributed by atoms with E-state index in [0.29, 0.717) is 26.4 Å². The van der Waals surface area contributed by atoms with Crippen LogP contribution in [0.2, 0.25) is 5.02 Å². The lowest BCUT2D eigenvalue weighted by Crippen LogP contribution is -2.03. The number of hydrogen-bond acceptors (Lipinski definition) is 1. The maximum Gasteiger partial charge on any atom is 0.132 e. The summed E-state index contributed by atoms with van der Waals surface area (Å²) in [5, 5.41) is 0.241. The van der Waals surface area contributed by atoms with Gasteiger partial charge >= 0.3 is 0 Å². The van der Waals surface area contributed by atoms with Crippen molar-refractivity contribution in [1.29, 1.82) is 0 Å². The second kappa shape index (κ2) is 5.59. The van der Waals surface area contributed by atoms with Gasteiger partial charge in [-0.2, -0.15) is 0 Å². The van der Waals surface area contributed by atoms with Gasteiger partial charge in [0.05, 0.1) is 31.6 Å². The monoisotopic (exact) mass is 386 g/mol. The fourth-order valence-corrected chi connectivity index (χ4v) is 3.01. The largest absolute Gasteiger partial charge is 0.294 e. The molecule has 21 heavy (non-hydrogen) atoms. The molecule has 0 amide bonds. The maximum atomic E-state index is 13.6. The van der Waals surface area contributed by atoms with Crippen LogP contribution in [0, 0.1) is 5.82 Å². The second-order valence-electron chi connectivity index (χ2n) is 4.63. The first kappa shape index (κ1) is 14.8. The molecule has 1 aromatic heterocycles. The van der Waals surface area contributed by atoms with Crippen LogP contribution in [0.3, 0.4) is 0 Å². The number of halogens is 4. The first-order chi connectivity index (χ1) is 9.99. The molecule has 108 valence electrons. The highest BCUT2D eigenvalue weighted by Gasteiger charge is 2.19. The minimum absolute atomic E-state index is 0.324. The topological polar surface area (TPSA) is 17.8 Å². The van der Waals surface area contributed by atoms with E-state index < -0.39 is 0 Å². The van der Waals surface area contributed by atoms with E-state index in [9.17, 15) is 4.39 Å². The van der Waals surface area contributed by atoms with Crippen molar-refractivity contribution in [3.8, 4) is 5.69 Å². The third-order valence-electron chi connectivity index (χ3n) is 3.17. The van der Waals surface area contributed by atoms with Crippen molar-refractivity contribution in [3.63, 3.8) is 0 Å². The zero-order valence-electron chi connectivity index (χ0n) is 10.9. The Morgan fingerprint density at radius 2 is 2.05 bits per heavy atom. The van der Waals surface area contributed by atoms with Crippen molar-refractivity contribution < 1.29 is 4.39 Å². The molecule has 0 fully saturated rings. The molecule has 0 bridgehead atoms. The summed E-state index contributed by atoms with van der Waals surface area (Å²) in [6, 6.07) is 9.95. The van der Waals surface area contributed by atoms with Gasteiger partial charge in [-0.25, -0.2) is 9.37 Å². The van der Waals surface area contributed by atoms with Gasteiger partial charge in [-0.1, -0.05) is 17.7 Å². The summed E-state index contributed by atoms with van der Waals surface area (Å²) in [6.45, 7) is 1.83. The van der Waals surface area contributed by atoms with E-state index >= 15 is 0 Å². The molecule has 2 nitrogen and oxygen atoms in total. The van der Waals surface area contributed by atoms with Gasteiger partial charge in [-0.05, 0) is 47.1 Å². The van der Waals surface area contributed by atoms with E-state index in [2.05, 4.69) is 20.9 Å². The molecule has 0 saturated heterocycles. The molecule has 0 aliphatic heterocycles. The van der Waals surface area contributed by atoms with Gasteiger partial charge in [-0.3, -0.25) is 4.57 Å². The summed E-state index contributed by atoms with van der Waals surface area (Å²) >= 11 is 15.9. The second-order valence-corrected chi connectivity index (χ2v) is 6.48. The average molecular weight is 388 g/mol. The molecule has 0 N–H and O–H groups in total. The number of nitrogens with zero attached hydrogens (tertiary/aromatic N) is 2. The number of benzene rings is 2. The lowest BCUT2D eigenvalue weighted by atomic mass is 10.2. The van der Waals surface area contributed by atoms with Gasteiger partial charge in [0.2, 0.25) is 0 Å². The molecule has 0 radical (unpaired) electrons. The minimum Gasteiger partial charge on any atom is -0.294 e. The predicted octanol–water partition coefficient (Wildman–Crippen LogP) is 5.88. The SMILES string of the molecule is CC(Cl)c1nc2ccc(F)cc2n1-c1cccc(Cl)c1Br. The quantitative estimate of drug-likeness (QED) is 0.502. The van der Waals surface area contributed by atoms with Crippen molar-refractivity contribution in [1.82, 2.24) is 9.55 Å². The molecule has 0 spiro atoms. The fourth-order valence-electron chi connectivity index (χ4n) is 2.25. The van der Waals surface area contributed by atoms with E-state index in [1.807, 2.05) is 23.6 Å². The zero-order valence-corrected chi connectivity index (χ0v) is 14.0. The molecule has 1 heterocycles. The summed E-state index contributed by atoms with van der Waals surface area (Å²) in [7, 11) is 0.